The van der Waals surface area contributed by atoms with Crippen LogP contribution in [0.25, 0.3) is 0 Å². The first-order valence-electron chi connectivity index (χ1n) is 4.56. The monoisotopic (exact) mass is 275 g/mol. The quantitative estimate of drug-likeness (QED) is 0.691. The summed E-state index contributed by atoms with van der Waals surface area (Å²) in [5.41, 5.74) is 0. The molecule has 0 spiro atoms. The second kappa shape index (κ2) is 4.57. The van der Waals surface area contributed by atoms with Gasteiger partial charge < -0.3 is 0 Å². The van der Waals surface area contributed by atoms with Gasteiger partial charge in [0.25, 0.3) is 0 Å². The molecule has 1 saturated heterocycles. The van der Waals surface area contributed by atoms with E-state index in [1.165, 1.54) is 4.31 Å². The van der Waals surface area contributed by atoms with Crippen molar-refractivity contribution in [3.05, 3.63) is 0 Å². The van der Waals surface area contributed by atoms with Crippen molar-refractivity contribution in [2.45, 2.75) is 12.8 Å². The average Bonchev–Trinajstić information content (AvgIpc) is 1.99. The summed E-state index contributed by atoms with van der Waals surface area (Å²) in [7, 11) is -1.63. The molecule has 90 valence electrons. The van der Waals surface area contributed by atoms with Crippen LogP contribution in [-0.2, 0) is 19.1 Å². The molecular formula is C7H14ClNO4S2. The summed E-state index contributed by atoms with van der Waals surface area (Å²) in [6.45, 7) is 0.725. The molecule has 1 atom stereocenters. The van der Waals surface area contributed by atoms with Gasteiger partial charge in [-0.2, -0.15) is 0 Å². The molecule has 1 aliphatic rings. The van der Waals surface area contributed by atoms with Crippen LogP contribution in [0.2, 0.25) is 0 Å². The van der Waals surface area contributed by atoms with Crippen LogP contribution in [0.3, 0.4) is 0 Å². The van der Waals surface area contributed by atoms with E-state index >= 15 is 0 Å². The fourth-order valence-electron chi connectivity index (χ4n) is 1.75. The highest BCUT2D eigenvalue weighted by Gasteiger charge is 2.28. The number of rotatable bonds is 3. The molecule has 1 fully saturated rings. The summed E-state index contributed by atoms with van der Waals surface area (Å²) in [5.74, 6) is -0.336. The van der Waals surface area contributed by atoms with E-state index in [-0.39, 0.29) is 18.2 Å². The number of hydrogen-bond acceptors (Lipinski definition) is 4. The number of hydrogen-bond donors (Lipinski definition) is 0. The SMILES string of the molecule is CS(=O)(=O)N1CCCC(CS(=O)(=O)Cl)C1. The molecular weight excluding hydrogens is 262 g/mol. The third-order valence-corrected chi connectivity index (χ3v) is 4.90. The van der Waals surface area contributed by atoms with E-state index in [0.717, 1.165) is 6.26 Å². The Labute approximate surface area is 94.9 Å². The number of halogens is 1. The molecule has 1 heterocycles. The van der Waals surface area contributed by atoms with E-state index in [9.17, 15) is 16.8 Å². The Kier molecular flexibility index (Phi) is 4.02. The van der Waals surface area contributed by atoms with E-state index in [1.807, 2.05) is 0 Å². The summed E-state index contributed by atoms with van der Waals surface area (Å²) in [5, 5.41) is 0. The largest absolute Gasteiger partial charge is 0.232 e. The maximum absolute atomic E-state index is 11.2. The topological polar surface area (TPSA) is 71.5 Å². The fourth-order valence-corrected chi connectivity index (χ4v) is 4.06. The van der Waals surface area contributed by atoms with Crippen LogP contribution in [0.1, 0.15) is 12.8 Å². The third kappa shape index (κ3) is 4.67. The summed E-state index contributed by atoms with van der Waals surface area (Å²) in [6.07, 6.45) is 2.52. The molecule has 1 rings (SSSR count). The maximum atomic E-state index is 11.2. The number of nitrogens with zero attached hydrogens (tertiary/aromatic N) is 1. The Morgan fingerprint density at radius 3 is 2.40 bits per heavy atom. The van der Waals surface area contributed by atoms with Gasteiger partial charge in [0.1, 0.15) is 0 Å². The Morgan fingerprint density at radius 2 is 1.93 bits per heavy atom. The molecule has 0 aromatic carbocycles. The first-order valence-corrected chi connectivity index (χ1v) is 8.88. The second-order valence-electron chi connectivity index (χ2n) is 3.83. The summed E-state index contributed by atoms with van der Waals surface area (Å²) in [6, 6.07) is 0. The lowest BCUT2D eigenvalue weighted by Gasteiger charge is -2.30. The molecule has 0 bridgehead atoms. The smallest absolute Gasteiger partial charge is 0.213 e. The Balaban J connectivity index is 2.65. The van der Waals surface area contributed by atoms with Crippen LogP contribution in [0.5, 0.6) is 0 Å². The first-order chi connectivity index (χ1) is 6.68. The first kappa shape index (κ1) is 13.2. The van der Waals surface area contributed by atoms with Gasteiger partial charge in [0.05, 0.1) is 12.0 Å². The highest BCUT2D eigenvalue weighted by atomic mass is 35.7. The van der Waals surface area contributed by atoms with Crippen molar-refractivity contribution in [3.63, 3.8) is 0 Å². The lowest BCUT2D eigenvalue weighted by Crippen LogP contribution is -2.40. The molecule has 8 heteroatoms. The minimum absolute atomic E-state index is 0.152. The zero-order chi connectivity index (χ0) is 11.7. The molecule has 0 saturated carbocycles. The van der Waals surface area contributed by atoms with Crippen molar-refractivity contribution < 1.29 is 16.8 Å². The molecule has 0 aromatic heterocycles. The van der Waals surface area contributed by atoms with Gasteiger partial charge in [-0.15, -0.1) is 0 Å². The summed E-state index contributed by atoms with van der Waals surface area (Å²) >= 11 is 0. The van der Waals surface area contributed by atoms with E-state index < -0.39 is 19.1 Å². The maximum Gasteiger partial charge on any atom is 0.232 e. The van der Waals surface area contributed by atoms with Crippen LogP contribution in [-0.4, -0.2) is 46.2 Å². The highest BCUT2D eigenvalue weighted by Crippen LogP contribution is 2.21. The zero-order valence-electron chi connectivity index (χ0n) is 8.39. The Hall–Kier alpha value is 0.150. The molecule has 5 nitrogen and oxygen atoms in total. The van der Waals surface area contributed by atoms with Gasteiger partial charge in [-0.25, -0.2) is 21.1 Å². The van der Waals surface area contributed by atoms with Crippen LogP contribution in [0, 0.1) is 5.92 Å². The molecule has 0 N–H and O–H groups in total. The van der Waals surface area contributed by atoms with Crippen LogP contribution < -0.4 is 0 Å². The average molecular weight is 276 g/mol. The van der Waals surface area contributed by atoms with Crippen molar-refractivity contribution in [3.8, 4) is 0 Å². The minimum atomic E-state index is -3.54. The van der Waals surface area contributed by atoms with E-state index in [1.54, 1.807) is 0 Å². The molecule has 1 aliphatic heterocycles. The van der Waals surface area contributed by atoms with Gasteiger partial charge in [-0.05, 0) is 18.8 Å². The Bertz CT molecular complexity index is 416. The van der Waals surface area contributed by atoms with E-state index in [0.29, 0.717) is 19.4 Å². The van der Waals surface area contributed by atoms with Crippen LogP contribution in [0.15, 0.2) is 0 Å². The minimum Gasteiger partial charge on any atom is -0.213 e. The standard InChI is InChI=1S/C7H14ClNO4S2/c1-14(10,11)9-4-2-3-7(5-9)6-15(8,12)13/h7H,2-6H2,1H3. The van der Waals surface area contributed by atoms with Crippen LogP contribution in [0.4, 0.5) is 0 Å². The van der Waals surface area contributed by atoms with E-state index in [4.69, 9.17) is 10.7 Å². The molecule has 0 aliphatic carbocycles. The molecule has 15 heavy (non-hydrogen) atoms. The summed E-state index contributed by atoms with van der Waals surface area (Å²) < 4.78 is 45.5. The lowest BCUT2D eigenvalue weighted by molar-refractivity contribution is 0.284. The summed E-state index contributed by atoms with van der Waals surface area (Å²) in [4.78, 5) is 0. The van der Waals surface area contributed by atoms with Gasteiger partial charge in [0, 0.05) is 23.8 Å². The third-order valence-electron chi connectivity index (χ3n) is 2.39. The van der Waals surface area contributed by atoms with Gasteiger partial charge in [0.15, 0.2) is 0 Å². The molecule has 0 aromatic rings. The van der Waals surface area contributed by atoms with Crippen molar-refractivity contribution >= 4 is 29.8 Å². The number of sulfonamides is 1. The van der Waals surface area contributed by atoms with Gasteiger partial charge >= 0.3 is 0 Å². The fraction of sp³-hybridized carbons (Fsp3) is 1.00. The van der Waals surface area contributed by atoms with Crippen molar-refractivity contribution in [2.24, 2.45) is 5.92 Å². The van der Waals surface area contributed by atoms with Gasteiger partial charge in [0.2, 0.25) is 19.1 Å². The number of piperidine rings is 1. The van der Waals surface area contributed by atoms with Crippen LogP contribution >= 0.6 is 10.7 Å². The van der Waals surface area contributed by atoms with E-state index in [2.05, 4.69) is 0 Å². The predicted molar refractivity (Wildman–Crippen MR) is 58.8 cm³/mol. The molecule has 1 unspecified atom stereocenters. The molecule has 0 amide bonds. The predicted octanol–water partition coefficient (Wildman–Crippen LogP) is 0.227. The van der Waals surface area contributed by atoms with Gasteiger partial charge in [-0.1, -0.05) is 0 Å². The van der Waals surface area contributed by atoms with Gasteiger partial charge in [-0.3, -0.25) is 0 Å². The zero-order valence-corrected chi connectivity index (χ0v) is 10.8. The normalized spacial score (nSPS) is 25.3. The lowest BCUT2D eigenvalue weighted by atomic mass is 10.0. The van der Waals surface area contributed by atoms with Crippen molar-refractivity contribution in [2.75, 3.05) is 25.1 Å². The van der Waals surface area contributed by atoms with Crippen molar-refractivity contribution in [1.82, 2.24) is 4.31 Å². The highest BCUT2D eigenvalue weighted by molar-refractivity contribution is 8.13. The second-order valence-corrected chi connectivity index (χ2v) is 8.64. The Morgan fingerprint density at radius 1 is 1.33 bits per heavy atom. The van der Waals surface area contributed by atoms with Crippen molar-refractivity contribution in [1.29, 1.82) is 0 Å². The molecule has 0 radical (unpaired) electrons.